The molecular weight excluding hydrogens is 233 g/mol. The van der Waals surface area contributed by atoms with Crippen molar-refractivity contribution in [2.24, 2.45) is 0 Å². The lowest BCUT2D eigenvalue weighted by Crippen LogP contribution is -2.17. The van der Waals surface area contributed by atoms with Crippen LogP contribution in [0.3, 0.4) is 0 Å². The molecule has 0 saturated carbocycles. The first-order chi connectivity index (χ1) is 7.93. The summed E-state index contributed by atoms with van der Waals surface area (Å²) in [7, 11) is 0. The molecule has 1 aromatic rings. The molecule has 0 aliphatic heterocycles. The highest BCUT2D eigenvalue weighted by Gasteiger charge is 2.30. The first-order valence-electron chi connectivity index (χ1n) is 5.34. The van der Waals surface area contributed by atoms with Crippen LogP contribution in [-0.4, -0.2) is 22.7 Å². The molecule has 17 heavy (non-hydrogen) atoms. The number of alkyl halides is 3. The van der Waals surface area contributed by atoms with Crippen LogP contribution in [0.2, 0.25) is 0 Å². The molecule has 96 valence electrons. The van der Waals surface area contributed by atoms with E-state index in [1.54, 1.807) is 0 Å². The van der Waals surface area contributed by atoms with E-state index in [2.05, 4.69) is 10.3 Å². The minimum Gasteiger partial charge on any atom is -0.396 e. The van der Waals surface area contributed by atoms with Gasteiger partial charge in [-0.2, -0.15) is 13.2 Å². The molecule has 1 heterocycles. The molecule has 1 aromatic heterocycles. The molecule has 3 nitrogen and oxygen atoms in total. The number of rotatable bonds is 5. The zero-order valence-electron chi connectivity index (χ0n) is 9.46. The lowest BCUT2D eigenvalue weighted by Gasteiger charge is -2.15. The van der Waals surface area contributed by atoms with Crippen molar-refractivity contribution in [3.63, 3.8) is 0 Å². The van der Waals surface area contributed by atoms with E-state index in [0.29, 0.717) is 12.8 Å². The van der Waals surface area contributed by atoms with Gasteiger partial charge in [0.2, 0.25) is 0 Å². The molecule has 0 radical (unpaired) electrons. The average Bonchev–Trinajstić information content (AvgIpc) is 2.25. The Morgan fingerprint density at radius 1 is 1.47 bits per heavy atom. The molecule has 1 unspecified atom stereocenters. The number of aliphatic hydroxyl groups is 1. The molecule has 1 atom stereocenters. The van der Waals surface area contributed by atoms with Gasteiger partial charge in [-0.15, -0.1) is 0 Å². The molecule has 2 N–H and O–H groups in total. The number of hydrogen-bond donors (Lipinski definition) is 2. The Bertz CT molecular complexity index is 355. The van der Waals surface area contributed by atoms with Crippen molar-refractivity contribution in [1.29, 1.82) is 0 Å². The van der Waals surface area contributed by atoms with Crippen LogP contribution >= 0.6 is 0 Å². The van der Waals surface area contributed by atoms with Gasteiger partial charge in [0.25, 0.3) is 0 Å². The quantitative estimate of drug-likeness (QED) is 0.842. The predicted octanol–water partition coefficient (Wildman–Crippen LogP) is 2.67. The van der Waals surface area contributed by atoms with Gasteiger partial charge in [-0.1, -0.05) is 0 Å². The van der Waals surface area contributed by atoms with Crippen molar-refractivity contribution in [3.8, 4) is 0 Å². The number of aromatic nitrogens is 1. The molecule has 0 aliphatic rings. The van der Waals surface area contributed by atoms with Crippen molar-refractivity contribution in [2.75, 3.05) is 11.9 Å². The SMILES string of the molecule is CC(CCCO)Nc1cc(C(F)(F)F)ccn1. The van der Waals surface area contributed by atoms with Gasteiger partial charge >= 0.3 is 6.18 Å². The van der Waals surface area contributed by atoms with Gasteiger partial charge in [-0.05, 0) is 31.9 Å². The molecule has 0 amide bonds. The van der Waals surface area contributed by atoms with E-state index in [1.807, 2.05) is 6.92 Å². The van der Waals surface area contributed by atoms with Gasteiger partial charge in [0.1, 0.15) is 5.82 Å². The Morgan fingerprint density at radius 3 is 2.76 bits per heavy atom. The summed E-state index contributed by atoms with van der Waals surface area (Å²) < 4.78 is 37.3. The fourth-order valence-corrected chi connectivity index (χ4v) is 1.41. The Morgan fingerprint density at radius 2 is 2.18 bits per heavy atom. The first-order valence-corrected chi connectivity index (χ1v) is 5.34. The Balaban J connectivity index is 2.66. The third kappa shape index (κ3) is 4.60. The van der Waals surface area contributed by atoms with Crippen molar-refractivity contribution in [2.45, 2.75) is 32.0 Å². The number of halogens is 3. The van der Waals surface area contributed by atoms with Crippen LogP contribution in [0, 0.1) is 0 Å². The number of nitrogens with one attached hydrogen (secondary N) is 1. The Kier molecular flexibility index (Phi) is 4.74. The highest BCUT2D eigenvalue weighted by atomic mass is 19.4. The second kappa shape index (κ2) is 5.86. The Hall–Kier alpha value is -1.30. The average molecular weight is 248 g/mol. The zero-order valence-corrected chi connectivity index (χ0v) is 9.46. The van der Waals surface area contributed by atoms with E-state index < -0.39 is 11.7 Å². The maximum atomic E-state index is 12.4. The normalized spacial score (nSPS) is 13.5. The summed E-state index contributed by atoms with van der Waals surface area (Å²) in [5.74, 6) is 0.199. The first kappa shape index (κ1) is 13.8. The molecule has 0 spiro atoms. The highest BCUT2D eigenvalue weighted by molar-refractivity contribution is 5.39. The van der Waals surface area contributed by atoms with Crippen LogP contribution in [0.25, 0.3) is 0 Å². The summed E-state index contributed by atoms with van der Waals surface area (Å²) in [4.78, 5) is 3.83. The van der Waals surface area contributed by atoms with Gasteiger partial charge in [0, 0.05) is 18.8 Å². The molecule has 0 fully saturated rings. The van der Waals surface area contributed by atoms with Gasteiger partial charge < -0.3 is 10.4 Å². The molecule has 1 rings (SSSR count). The third-order valence-electron chi connectivity index (χ3n) is 2.28. The van der Waals surface area contributed by atoms with E-state index in [1.165, 1.54) is 0 Å². The minimum absolute atomic E-state index is 0.0295. The number of anilines is 1. The third-order valence-corrected chi connectivity index (χ3v) is 2.28. The predicted molar refractivity (Wildman–Crippen MR) is 58.6 cm³/mol. The molecule has 0 bridgehead atoms. The summed E-state index contributed by atoms with van der Waals surface area (Å²) in [6, 6.07) is 1.89. The number of nitrogens with zero attached hydrogens (tertiary/aromatic N) is 1. The summed E-state index contributed by atoms with van der Waals surface area (Å²) in [5.41, 5.74) is -0.718. The Labute approximate surface area is 97.7 Å². The molecule has 6 heteroatoms. The van der Waals surface area contributed by atoms with Gasteiger partial charge in [0.05, 0.1) is 5.56 Å². The fraction of sp³-hybridized carbons (Fsp3) is 0.545. The molecule has 0 aliphatic carbocycles. The lowest BCUT2D eigenvalue weighted by molar-refractivity contribution is -0.137. The van der Waals surface area contributed by atoms with Crippen LogP contribution in [0.1, 0.15) is 25.3 Å². The van der Waals surface area contributed by atoms with E-state index in [0.717, 1.165) is 18.3 Å². The number of pyridine rings is 1. The number of aliphatic hydroxyl groups excluding tert-OH is 1. The second-order valence-corrected chi connectivity index (χ2v) is 3.84. The summed E-state index contributed by atoms with van der Waals surface area (Å²) in [6.07, 6.45) is -1.95. The van der Waals surface area contributed by atoms with Crippen LogP contribution in [0.5, 0.6) is 0 Å². The standard InChI is InChI=1S/C11H15F3N2O/c1-8(3-2-6-17)16-10-7-9(4-5-15-10)11(12,13)14/h4-5,7-8,17H,2-3,6H2,1H3,(H,15,16). The summed E-state index contributed by atoms with van der Waals surface area (Å²) in [5, 5.41) is 11.5. The minimum atomic E-state index is -4.35. The summed E-state index contributed by atoms with van der Waals surface area (Å²) in [6.45, 7) is 1.90. The van der Waals surface area contributed by atoms with E-state index >= 15 is 0 Å². The van der Waals surface area contributed by atoms with Crippen molar-refractivity contribution in [3.05, 3.63) is 23.9 Å². The maximum Gasteiger partial charge on any atom is 0.416 e. The topological polar surface area (TPSA) is 45.1 Å². The van der Waals surface area contributed by atoms with Gasteiger partial charge in [-0.3, -0.25) is 0 Å². The van der Waals surface area contributed by atoms with Gasteiger partial charge in [-0.25, -0.2) is 4.98 Å². The second-order valence-electron chi connectivity index (χ2n) is 3.84. The summed E-state index contributed by atoms with van der Waals surface area (Å²) >= 11 is 0. The van der Waals surface area contributed by atoms with Gasteiger partial charge in [0.15, 0.2) is 0 Å². The zero-order chi connectivity index (χ0) is 12.9. The van der Waals surface area contributed by atoms with Crippen molar-refractivity contribution >= 4 is 5.82 Å². The monoisotopic (exact) mass is 248 g/mol. The fourth-order valence-electron chi connectivity index (χ4n) is 1.41. The molecule has 0 saturated heterocycles. The van der Waals surface area contributed by atoms with Crippen molar-refractivity contribution < 1.29 is 18.3 Å². The molecule has 0 aromatic carbocycles. The number of hydrogen-bond acceptors (Lipinski definition) is 3. The maximum absolute atomic E-state index is 12.4. The van der Waals surface area contributed by atoms with Crippen LogP contribution in [0.4, 0.5) is 19.0 Å². The highest BCUT2D eigenvalue weighted by Crippen LogP contribution is 2.30. The van der Waals surface area contributed by atoms with Crippen LogP contribution < -0.4 is 5.32 Å². The van der Waals surface area contributed by atoms with E-state index in [9.17, 15) is 13.2 Å². The van der Waals surface area contributed by atoms with Crippen LogP contribution in [-0.2, 0) is 6.18 Å². The van der Waals surface area contributed by atoms with Crippen molar-refractivity contribution in [1.82, 2.24) is 4.98 Å². The smallest absolute Gasteiger partial charge is 0.396 e. The largest absolute Gasteiger partial charge is 0.416 e. The van der Waals surface area contributed by atoms with E-state index in [4.69, 9.17) is 5.11 Å². The van der Waals surface area contributed by atoms with Crippen LogP contribution in [0.15, 0.2) is 18.3 Å². The van der Waals surface area contributed by atoms with E-state index in [-0.39, 0.29) is 18.5 Å². The lowest BCUT2D eigenvalue weighted by atomic mass is 10.2. The molecular formula is C11H15F3N2O.